The first-order chi connectivity index (χ1) is 12.7. The van der Waals surface area contributed by atoms with Crippen LogP contribution >= 0.6 is 0 Å². The van der Waals surface area contributed by atoms with Gasteiger partial charge < -0.3 is 14.2 Å². The fourth-order valence-electron chi connectivity index (χ4n) is 2.96. The molecule has 1 saturated heterocycles. The molecule has 7 heteroatoms. The number of benzene rings is 1. The Hall–Kier alpha value is -2.90. The summed E-state index contributed by atoms with van der Waals surface area (Å²) in [5.41, 5.74) is 7.71. The van der Waals surface area contributed by atoms with Gasteiger partial charge in [-0.25, -0.2) is 15.8 Å². The van der Waals surface area contributed by atoms with Crippen molar-refractivity contribution in [3.63, 3.8) is 0 Å². The molecule has 1 fully saturated rings. The van der Waals surface area contributed by atoms with Crippen molar-refractivity contribution in [1.29, 1.82) is 0 Å². The van der Waals surface area contributed by atoms with Crippen molar-refractivity contribution in [2.75, 3.05) is 0 Å². The molecule has 0 aliphatic carbocycles. The largest absolute Gasteiger partial charge is 0.465 e. The minimum absolute atomic E-state index is 0.0174. The molecule has 2 unspecified atom stereocenters. The van der Waals surface area contributed by atoms with Crippen LogP contribution in [-0.2, 0) is 11.3 Å². The zero-order valence-electron chi connectivity index (χ0n) is 14.4. The van der Waals surface area contributed by atoms with Crippen LogP contribution in [0.4, 0.5) is 0 Å². The molecular weight excluding hydrogens is 332 g/mol. The normalized spacial score (nSPS) is 19.6. The number of nitrogens with zero attached hydrogens (tertiary/aromatic N) is 1. The zero-order valence-corrected chi connectivity index (χ0v) is 14.4. The molecule has 1 aliphatic heterocycles. The van der Waals surface area contributed by atoms with Crippen molar-refractivity contribution in [2.45, 2.75) is 32.0 Å². The molecule has 3 N–H and O–H groups in total. The van der Waals surface area contributed by atoms with Gasteiger partial charge in [-0.3, -0.25) is 4.79 Å². The highest BCUT2D eigenvalue weighted by molar-refractivity contribution is 5.82. The molecule has 7 nitrogen and oxygen atoms in total. The van der Waals surface area contributed by atoms with Gasteiger partial charge in [0.05, 0.1) is 18.3 Å². The molecule has 0 bridgehead atoms. The number of furan rings is 1. The number of oxazole rings is 1. The van der Waals surface area contributed by atoms with E-state index in [2.05, 4.69) is 21.2 Å². The lowest BCUT2D eigenvalue weighted by Gasteiger charge is -2.09. The average molecular weight is 352 g/mol. The van der Waals surface area contributed by atoms with Gasteiger partial charge >= 0.3 is 0 Å². The Kier molecular flexibility index (Phi) is 4.55. The Morgan fingerprint density at radius 1 is 1.23 bits per heavy atom. The van der Waals surface area contributed by atoms with Crippen LogP contribution in [0.25, 0.3) is 11.5 Å². The van der Waals surface area contributed by atoms with Gasteiger partial charge in [-0.05, 0) is 37.6 Å². The summed E-state index contributed by atoms with van der Waals surface area (Å²) in [6, 6.07) is 13.1. The van der Waals surface area contributed by atoms with Gasteiger partial charge in [-0.2, -0.15) is 0 Å². The highest BCUT2D eigenvalue weighted by Crippen LogP contribution is 2.24. The maximum atomic E-state index is 12.4. The van der Waals surface area contributed by atoms with Crippen molar-refractivity contribution in [1.82, 2.24) is 21.2 Å². The number of hydrogen-bond acceptors (Lipinski definition) is 6. The summed E-state index contributed by atoms with van der Waals surface area (Å²) in [6.45, 7) is 2.22. The van der Waals surface area contributed by atoms with Gasteiger partial charge in [0.1, 0.15) is 23.8 Å². The highest BCUT2D eigenvalue weighted by atomic mass is 16.3. The fourth-order valence-corrected chi connectivity index (χ4v) is 2.96. The van der Waals surface area contributed by atoms with Crippen LogP contribution in [0, 0.1) is 6.92 Å². The molecular formula is C19H20N4O3. The summed E-state index contributed by atoms with van der Waals surface area (Å²) in [7, 11) is 0. The second-order valence-corrected chi connectivity index (χ2v) is 6.31. The summed E-state index contributed by atoms with van der Waals surface area (Å²) >= 11 is 0. The predicted octanol–water partition coefficient (Wildman–Crippen LogP) is 2.47. The molecule has 1 aliphatic rings. The molecule has 134 valence electrons. The molecule has 4 rings (SSSR count). The first-order valence-electron chi connectivity index (χ1n) is 8.54. The van der Waals surface area contributed by atoms with E-state index in [4.69, 9.17) is 8.83 Å². The van der Waals surface area contributed by atoms with Crippen LogP contribution in [0.1, 0.15) is 29.7 Å². The number of aromatic nitrogens is 1. The summed E-state index contributed by atoms with van der Waals surface area (Å²) in [5, 5.41) is 2.89. The van der Waals surface area contributed by atoms with Gasteiger partial charge in [0.2, 0.25) is 11.8 Å². The van der Waals surface area contributed by atoms with Crippen LogP contribution in [0.15, 0.2) is 57.6 Å². The lowest BCUT2D eigenvalue weighted by molar-refractivity contribution is -0.123. The average Bonchev–Trinajstić information content (AvgIpc) is 3.40. The molecule has 0 saturated carbocycles. The Morgan fingerprint density at radius 3 is 2.85 bits per heavy atom. The first-order valence-corrected chi connectivity index (χ1v) is 8.54. The van der Waals surface area contributed by atoms with E-state index in [1.165, 1.54) is 0 Å². The van der Waals surface area contributed by atoms with Gasteiger partial charge in [0.25, 0.3) is 0 Å². The molecule has 2 aromatic heterocycles. The number of hydrazine groups is 1. The third-order valence-corrected chi connectivity index (χ3v) is 4.34. The highest BCUT2D eigenvalue weighted by Gasteiger charge is 2.31. The maximum Gasteiger partial charge on any atom is 0.238 e. The van der Waals surface area contributed by atoms with Crippen molar-refractivity contribution < 1.29 is 13.6 Å². The number of hydrogen-bond donors (Lipinski definition) is 3. The third-order valence-electron chi connectivity index (χ3n) is 4.34. The van der Waals surface area contributed by atoms with Gasteiger partial charge in [-0.1, -0.05) is 18.2 Å². The van der Waals surface area contributed by atoms with Crippen molar-refractivity contribution in [3.05, 3.63) is 65.9 Å². The number of rotatable bonds is 5. The summed E-state index contributed by atoms with van der Waals surface area (Å²) < 4.78 is 11.1. The minimum atomic E-state index is -0.328. The van der Waals surface area contributed by atoms with E-state index in [1.807, 2.05) is 49.4 Å². The van der Waals surface area contributed by atoms with E-state index < -0.39 is 0 Å². The molecule has 26 heavy (non-hydrogen) atoms. The Morgan fingerprint density at radius 2 is 2.08 bits per heavy atom. The van der Waals surface area contributed by atoms with Crippen LogP contribution in [0.5, 0.6) is 0 Å². The third kappa shape index (κ3) is 3.54. The number of nitrogens with one attached hydrogen (secondary N) is 3. The van der Waals surface area contributed by atoms with Crippen molar-refractivity contribution in [3.8, 4) is 11.5 Å². The Labute approximate surface area is 150 Å². The van der Waals surface area contributed by atoms with E-state index in [0.717, 1.165) is 17.1 Å². The fraction of sp³-hybridized carbons (Fsp3) is 0.263. The number of aryl methyl sites for hydroxylation is 1. The van der Waals surface area contributed by atoms with Gasteiger partial charge in [-0.15, -0.1) is 0 Å². The number of carbonyl (C=O) groups is 1. The molecule has 0 spiro atoms. The summed E-state index contributed by atoms with van der Waals surface area (Å²) in [6.07, 6.45) is 2.18. The van der Waals surface area contributed by atoms with Crippen LogP contribution < -0.4 is 16.2 Å². The number of amides is 1. The van der Waals surface area contributed by atoms with Crippen LogP contribution in [-0.4, -0.2) is 16.9 Å². The molecule has 3 aromatic rings. The second kappa shape index (κ2) is 7.15. The number of carbonyl (C=O) groups excluding carboxylic acids is 1. The van der Waals surface area contributed by atoms with E-state index in [-0.39, 0.29) is 18.0 Å². The predicted molar refractivity (Wildman–Crippen MR) is 94.6 cm³/mol. The van der Waals surface area contributed by atoms with Crippen LogP contribution in [0.2, 0.25) is 0 Å². The van der Waals surface area contributed by atoms with Gasteiger partial charge in [0.15, 0.2) is 0 Å². The quantitative estimate of drug-likeness (QED) is 0.653. The summed E-state index contributed by atoms with van der Waals surface area (Å²) in [4.78, 5) is 16.8. The molecule has 1 aromatic carbocycles. The van der Waals surface area contributed by atoms with E-state index in [1.54, 1.807) is 6.26 Å². The standard InChI is InChI=1S/C19H20N4O3/c1-12-7-8-17(26-12)15-9-16(23-22-15)18(24)20-10-14-11-25-19(21-14)13-5-3-2-4-6-13/h2-8,11,15-16,22-23H,9-10H2,1H3,(H,20,24). The smallest absolute Gasteiger partial charge is 0.238 e. The first kappa shape index (κ1) is 16.6. The van der Waals surface area contributed by atoms with Crippen molar-refractivity contribution in [2.24, 2.45) is 0 Å². The van der Waals surface area contributed by atoms with E-state index in [9.17, 15) is 4.79 Å². The lowest BCUT2D eigenvalue weighted by atomic mass is 10.1. The Balaban J connectivity index is 1.31. The topological polar surface area (TPSA) is 92.3 Å². The monoisotopic (exact) mass is 352 g/mol. The molecule has 3 heterocycles. The SMILES string of the molecule is Cc1ccc(C2CC(C(=O)NCc3coc(-c4ccccc4)n3)NN2)o1. The van der Waals surface area contributed by atoms with E-state index in [0.29, 0.717) is 24.6 Å². The van der Waals surface area contributed by atoms with Crippen molar-refractivity contribution >= 4 is 5.91 Å². The lowest BCUT2D eigenvalue weighted by Crippen LogP contribution is -2.42. The maximum absolute atomic E-state index is 12.4. The Bertz CT molecular complexity index is 887. The molecule has 2 atom stereocenters. The second-order valence-electron chi connectivity index (χ2n) is 6.31. The summed E-state index contributed by atoms with van der Waals surface area (Å²) in [5.74, 6) is 2.14. The van der Waals surface area contributed by atoms with E-state index >= 15 is 0 Å². The minimum Gasteiger partial charge on any atom is -0.465 e. The molecule has 0 radical (unpaired) electrons. The zero-order chi connectivity index (χ0) is 17.9. The van der Waals surface area contributed by atoms with Gasteiger partial charge in [0, 0.05) is 5.56 Å². The van der Waals surface area contributed by atoms with Crippen LogP contribution in [0.3, 0.4) is 0 Å². The molecule has 1 amide bonds.